The summed E-state index contributed by atoms with van der Waals surface area (Å²) in [6, 6.07) is 0. The monoisotopic (exact) mass is 147 g/mol. The maximum absolute atomic E-state index is 5.53. The molecule has 0 bridgehead atoms. The van der Waals surface area contributed by atoms with Crippen LogP contribution in [0.3, 0.4) is 0 Å². The Morgan fingerprint density at radius 2 is 2.38 bits per heavy atom. The van der Waals surface area contributed by atoms with Crippen LogP contribution in [0, 0.1) is 0 Å². The van der Waals surface area contributed by atoms with Crippen molar-refractivity contribution in [2.75, 3.05) is 0 Å². The topological polar surface area (TPSA) is 12.4 Å². The van der Waals surface area contributed by atoms with E-state index in [1.807, 2.05) is 0 Å². The average Bonchev–Trinajstić information content (AvgIpc) is 1.64. The number of aliphatic imine (C=N–C) groups is 1. The summed E-state index contributed by atoms with van der Waals surface area (Å²) in [5.41, 5.74) is 0. The van der Waals surface area contributed by atoms with Crippen LogP contribution in [0.1, 0.15) is 6.42 Å². The molecule has 1 aliphatic heterocycles. The maximum Gasteiger partial charge on any atom is 0.0846 e. The van der Waals surface area contributed by atoms with Gasteiger partial charge in [-0.05, 0) is 0 Å². The smallest absolute Gasteiger partial charge is 0.0846 e. The van der Waals surface area contributed by atoms with Crippen molar-refractivity contribution < 1.29 is 0 Å². The van der Waals surface area contributed by atoms with Crippen LogP contribution in [-0.2, 0) is 0 Å². The molecule has 0 aromatic carbocycles. The van der Waals surface area contributed by atoms with Gasteiger partial charge in [0.2, 0.25) is 0 Å². The second kappa shape index (κ2) is 2.36. The van der Waals surface area contributed by atoms with E-state index in [1.54, 1.807) is 0 Å². The highest BCUT2D eigenvalue weighted by Gasteiger charge is 1.98. The van der Waals surface area contributed by atoms with E-state index in [4.69, 9.17) is 23.2 Å². The quantitative estimate of drug-likeness (QED) is 0.499. The molecule has 1 nitrogen and oxygen atoms in total. The number of hydrogen-bond donors (Lipinski definition) is 0. The van der Waals surface area contributed by atoms with Gasteiger partial charge in [0.15, 0.2) is 0 Å². The second-order valence-electron chi connectivity index (χ2n) is 1.40. The van der Waals surface area contributed by atoms with Gasteiger partial charge in [0.05, 0.1) is 11.2 Å². The molecule has 0 amide bonds. The molecule has 0 saturated carbocycles. The van der Waals surface area contributed by atoms with Crippen LogP contribution < -0.4 is 0 Å². The van der Waals surface area contributed by atoms with Crippen molar-refractivity contribution in [3.05, 3.63) is 16.3 Å². The van der Waals surface area contributed by atoms with Gasteiger partial charge in [-0.25, -0.2) is 4.99 Å². The van der Waals surface area contributed by atoms with Gasteiger partial charge in [-0.1, -0.05) is 23.2 Å². The summed E-state index contributed by atoms with van der Waals surface area (Å²) in [6.07, 6.45) is 2.11. The van der Waals surface area contributed by atoms with Crippen LogP contribution >= 0.6 is 23.2 Å². The standard InChI is InChI=1S/C5H3Cl2N/c6-4-1-5(7)3-8-2-4/h2H,1H2. The van der Waals surface area contributed by atoms with Crippen LogP contribution in [0.25, 0.3) is 0 Å². The Morgan fingerprint density at radius 3 is 2.75 bits per heavy atom. The minimum Gasteiger partial charge on any atom is -0.212 e. The minimum atomic E-state index is 0.567. The summed E-state index contributed by atoms with van der Waals surface area (Å²) in [4.78, 5) is 3.63. The fraction of sp³-hybridized carbons (Fsp3) is 0.200. The van der Waals surface area contributed by atoms with Gasteiger partial charge in [-0.15, -0.1) is 0 Å². The largest absolute Gasteiger partial charge is 0.212 e. The lowest BCUT2D eigenvalue weighted by molar-refractivity contribution is 1.29. The SMILES string of the molecule is ClC1=C=NC=C(Cl)C1. The van der Waals surface area contributed by atoms with E-state index in [1.165, 1.54) is 6.20 Å². The molecule has 0 N–H and O–H groups in total. The predicted molar refractivity (Wildman–Crippen MR) is 35.4 cm³/mol. The Bertz CT molecular complexity index is 187. The molecule has 0 spiro atoms. The third kappa shape index (κ3) is 1.38. The maximum atomic E-state index is 5.53. The summed E-state index contributed by atoms with van der Waals surface area (Å²) < 4.78 is 0. The van der Waals surface area contributed by atoms with E-state index >= 15 is 0 Å². The lowest BCUT2D eigenvalue weighted by atomic mass is 10.4. The Labute approximate surface area is 57.3 Å². The van der Waals surface area contributed by atoms with Crippen molar-refractivity contribution >= 4 is 29.1 Å². The van der Waals surface area contributed by atoms with Crippen molar-refractivity contribution in [2.45, 2.75) is 6.42 Å². The first-order chi connectivity index (χ1) is 3.79. The van der Waals surface area contributed by atoms with Gasteiger partial charge in [0, 0.05) is 17.3 Å². The summed E-state index contributed by atoms with van der Waals surface area (Å²) in [5, 5.41) is 1.23. The average molecular weight is 148 g/mol. The molecular weight excluding hydrogens is 145 g/mol. The minimum absolute atomic E-state index is 0.567. The Balaban J connectivity index is 2.83. The normalized spacial score (nSPS) is 17.8. The molecule has 0 aliphatic carbocycles. The number of allylic oxidation sites excluding steroid dienone is 2. The van der Waals surface area contributed by atoms with Crippen LogP contribution in [-0.4, -0.2) is 5.87 Å². The lowest BCUT2D eigenvalue weighted by Crippen LogP contribution is -1.79. The highest BCUT2D eigenvalue weighted by Crippen LogP contribution is 2.17. The van der Waals surface area contributed by atoms with Gasteiger partial charge >= 0.3 is 0 Å². The highest BCUT2D eigenvalue weighted by atomic mass is 35.5. The van der Waals surface area contributed by atoms with Gasteiger partial charge in [-0.2, -0.15) is 0 Å². The van der Waals surface area contributed by atoms with Crippen molar-refractivity contribution in [3.8, 4) is 0 Å². The van der Waals surface area contributed by atoms with Crippen LogP contribution in [0.15, 0.2) is 21.3 Å². The molecule has 42 valence electrons. The zero-order chi connectivity index (χ0) is 5.98. The molecule has 0 fully saturated rings. The van der Waals surface area contributed by atoms with E-state index < -0.39 is 0 Å². The number of rotatable bonds is 0. The molecular formula is C5H3Cl2N. The molecule has 3 heteroatoms. The molecule has 0 atom stereocenters. The number of halogens is 2. The van der Waals surface area contributed by atoms with Crippen LogP contribution in [0.4, 0.5) is 0 Å². The Kier molecular flexibility index (Phi) is 1.74. The van der Waals surface area contributed by atoms with Gasteiger partial charge < -0.3 is 0 Å². The molecule has 1 rings (SSSR count). The molecule has 1 heterocycles. The van der Waals surface area contributed by atoms with Crippen molar-refractivity contribution in [1.29, 1.82) is 0 Å². The summed E-state index contributed by atoms with van der Waals surface area (Å²) in [6.45, 7) is 0. The van der Waals surface area contributed by atoms with E-state index in [0.29, 0.717) is 16.5 Å². The van der Waals surface area contributed by atoms with Crippen LogP contribution in [0.2, 0.25) is 0 Å². The van der Waals surface area contributed by atoms with E-state index in [9.17, 15) is 0 Å². The lowest BCUT2D eigenvalue weighted by Gasteiger charge is -1.94. The molecule has 0 aromatic heterocycles. The van der Waals surface area contributed by atoms with Gasteiger partial charge in [0.25, 0.3) is 0 Å². The molecule has 0 radical (unpaired) electrons. The third-order valence-electron chi connectivity index (χ3n) is 0.715. The van der Waals surface area contributed by atoms with Gasteiger partial charge in [-0.3, -0.25) is 0 Å². The zero-order valence-electron chi connectivity index (χ0n) is 3.99. The first-order valence-corrected chi connectivity index (χ1v) is 2.86. The number of hydrogen-bond acceptors (Lipinski definition) is 1. The third-order valence-corrected chi connectivity index (χ3v) is 1.16. The molecule has 0 unspecified atom stereocenters. The van der Waals surface area contributed by atoms with E-state index in [2.05, 4.69) is 10.9 Å². The molecule has 0 saturated heterocycles. The van der Waals surface area contributed by atoms with Gasteiger partial charge in [0.1, 0.15) is 0 Å². The van der Waals surface area contributed by atoms with E-state index in [-0.39, 0.29) is 0 Å². The van der Waals surface area contributed by atoms with Crippen molar-refractivity contribution in [2.24, 2.45) is 4.99 Å². The predicted octanol–water partition coefficient (Wildman–Crippen LogP) is 2.26. The second-order valence-corrected chi connectivity index (χ2v) is 2.34. The molecule has 1 aliphatic rings. The van der Waals surface area contributed by atoms with Crippen LogP contribution in [0.5, 0.6) is 0 Å². The molecule has 0 aromatic rings. The summed E-state index contributed by atoms with van der Waals surface area (Å²) in [7, 11) is 0. The summed E-state index contributed by atoms with van der Waals surface area (Å²) in [5.74, 6) is 2.56. The summed E-state index contributed by atoms with van der Waals surface area (Å²) >= 11 is 11.0. The first-order valence-electron chi connectivity index (χ1n) is 2.11. The fourth-order valence-electron chi connectivity index (χ4n) is 0.406. The first kappa shape index (κ1) is 5.90. The Morgan fingerprint density at radius 1 is 1.62 bits per heavy atom. The van der Waals surface area contributed by atoms with E-state index in [0.717, 1.165) is 0 Å². The van der Waals surface area contributed by atoms with Crippen molar-refractivity contribution in [1.82, 2.24) is 0 Å². The zero-order valence-corrected chi connectivity index (χ0v) is 5.50. The van der Waals surface area contributed by atoms with Crippen molar-refractivity contribution in [3.63, 3.8) is 0 Å². The highest BCUT2D eigenvalue weighted by molar-refractivity contribution is 6.36. The molecule has 8 heavy (non-hydrogen) atoms. The fourth-order valence-corrected chi connectivity index (χ4v) is 0.849. The number of nitrogens with zero attached hydrogens (tertiary/aromatic N) is 1. The Hall–Kier alpha value is -0.230.